The van der Waals surface area contributed by atoms with Crippen LogP contribution in [0.15, 0.2) is 34.7 Å². The maximum atomic E-state index is 12.7. The average molecular weight is 393 g/mol. The molecule has 26 heavy (non-hydrogen) atoms. The second-order valence-electron chi connectivity index (χ2n) is 6.21. The SMILES string of the molecule is Cc1nc(CC(N)=O)sc1S(=O)(=O)NC(C)Cc1c[nH]c2ccccc12. The monoisotopic (exact) mass is 392 g/mol. The Balaban J connectivity index is 1.76. The highest BCUT2D eigenvalue weighted by Crippen LogP contribution is 2.25. The van der Waals surface area contributed by atoms with Gasteiger partial charge in [0, 0.05) is 23.1 Å². The van der Waals surface area contributed by atoms with Crippen LogP contribution in [0.5, 0.6) is 0 Å². The number of hydrogen-bond acceptors (Lipinski definition) is 5. The van der Waals surface area contributed by atoms with E-state index >= 15 is 0 Å². The van der Waals surface area contributed by atoms with Crippen LogP contribution in [0, 0.1) is 6.92 Å². The van der Waals surface area contributed by atoms with E-state index < -0.39 is 15.9 Å². The number of carbonyl (C=O) groups is 1. The van der Waals surface area contributed by atoms with Gasteiger partial charge < -0.3 is 10.7 Å². The first kappa shape index (κ1) is 18.6. The summed E-state index contributed by atoms with van der Waals surface area (Å²) in [6.45, 7) is 3.43. The topological polar surface area (TPSA) is 118 Å². The van der Waals surface area contributed by atoms with Crippen LogP contribution in [-0.4, -0.2) is 30.3 Å². The summed E-state index contributed by atoms with van der Waals surface area (Å²) in [6, 6.07) is 7.58. The van der Waals surface area contributed by atoms with Crippen LogP contribution in [0.4, 0.5) is 0 Å². The minimum absolute atomic E-state index is 0.0636. The first-order valence-corrected chi connectivity index (χ1v) is 10.4. The van der Waals surface area contributed by atoms with Crippen molar-refractivity contribution in [3.8, 4) is 0 Å². The average Bonchev–Trinajstić information content (AvgIpc) is 3.10. The molecule has 2 aromatic heterocycles. The molecule has 0 aliphatic heterocycles. The molecule has 3 aromatic rings. The predicted octanol–water partition coefficient (Wildman–Crippen LogP) is 1.87. The van der Waals surface area contributed by atoms with Gasteiger partial charge in [0.1, 0.15) is 5.01 Å². The zero-order chi connectivity index (χ0) is 18.9. The quantitative estimate of drug-likeness (QED) is 0.569. The normalized spacial score (nSPS) is 13.2. The van der Waals surface area contributed by atoms with Crippen molar-refractivity contribution in [2.45, 2.75) is 36.9 Å². The molecule has 4 N–H and O–H groups in total. The Morgan fingerprint density at radius 1 is 1.38 bits per heavy atom. The number of thiazole rings is 1. The van der Waals surface area contributed by atoms with Crippen LogP contribution in [-0.2, 0) is 27.7 Å². The lowest BCUT2D eigenvalue weighted by Crippen LogP contribution is -2.34. The molecule has 0 saturated heterocycles. The van der Waals surface area contributed by atoms with E-state index in [2.05, 4.69) is 14.7 Å². The molecule has 1 aromatic carbocycles. The number of para-hydroxylation sites is 1. The van der Waals surface area contributed by atoms with Crippen LogP contribution in [0.1, 0.15) is 23.2 Å². The number of sulfonamides is 1. The number of rotatable bonds is 7. The van der Waals surface area contributed by atoms with Crippen molar-refractivity contribution in [1.82, 2.24) is 14.7 Å². The molecular formula is C17H20N4O3S2. The number of aromatic amines is 1. The van der Waals surface area contributed by atoms with Gasteiger partial charge in [-0.15, -0.1) is 11.3 Å². The summed E-state index contributed by atoms with van der Waals surface area (Å²) in [5, 5.41) is 1.48. The molecule has 0 bridgehead atoms. The summed E-state index contributed by atoms with van der Waals surface area (Å²) in [5.41, 5.74) is 7.60. The van der Waals surface area contributed by atoms with E-state index in [-0.39, 0.29) is 16.7 Å². The van der Waals surface area contributed by atoms with Gasteiger partial charge in [0.2, 0.25) is 5.91 Å². The molecule has 0 spiro atoms. The largest absolute Gasteiger partial charge is 0.369 e. The molecule has 0 saturated carbocycles. The van der Waals surface area contributed by atoms with Gasteiger partial charge in [-0.3, -0.25) is 4.79 Å². The third-order valence-electron chi connectivity index (χ3n) is 3.93. The van der Waals surface area contributed by atoms with Crippen LogP contribution >= 0.6 is 11.3 Å². The lowest BCUT2D eigenvalue weighted by Gasteiger charge is -2.13. The molecule has 0 radical (unpaired) electrons. The zero-order valence-corrected chi connectivity index (χ0v) is 16.1. The van der Waals surface area contributed by atoms with Crippen molar-refractivity contribution < 1.29 is 13.2 Å². The number of aromatic nitrogens is 2. The summed E-state index contributed by atoms with van der Waals surface area (Å²) >= 11 is 0.979. The first-order valence-electron chi connectivity index (χ1n) is 8.08. The highest BCUT2D eigenvalue weighted by atomic mass is 32.2. The number of nitrogens with one attached hydrogen (secondary N) is 2. The lowest BCUT2D eigenvalue weighted by molar-refractivity contribution is -0.117. The van der Waals surface area contributed by atoms with Crippen LogP contribution in [0.25, 0.3) is 10.9 Å². The molecule has 1 amide bonds. The van der Waals surface area contributed by atoms with Gasteiger partial charge in [-0.05, 0) is 31.9 Å². The third kappa shape index (κ3) is 3.95. The molecule has 1 unspecified atom stereocenters. The van der Waals surface area contributed by atoms with Gasteiger partial charge in [-0.2, -0.15) is 0 Å². The smallest absolute Gasteiger partial charge is 0.252 e. The minimum atomic E-state index is -3.72. The lowest BCUT2D eigenvalue weighted by atomic mass is 10.1. The Kier molecular flexibility index (Phi) is 5.12. The number of fused-ring (bicyclic) bond motifs is 1. The predicted molar refractivity (Wildman–Crippen MR) is 102 cm³/mol. The molecule has 2 heterocycles. The summed E-state index contributed by atoms with van der Waals surface area (Å²) in [4.78, 5) is 18.3. The van der Waals surface area contributed by atoms with Crippen molar-refractivity contribution >= 4 is 38.2 Å². The number of nitrogens with zero attached hydrogens (tertiary/aromatic N) is 1. The third-order valence-corrected chi connectivity index (χ3v) is 7.28. The van der Waals surface area contributed by atoms with Crippen molar-refractivity contribution in [2.75, 3.05) is 0 Å². The second-order valence-corrected chi connectivity index (χ2v) is 9.20. The number of primary amides is 1. The van der Waals surface area contributed by atoms with E-state index in [1.165, 1.54) is 0 Å². The number of benzene rings is 1. The number of aryl methyl sites for hydroxylation is 1. The molecule has 3 rings (SSSR count). The second kappa shape index (κ2) is 7.18. The van der Waals surface area contributed by atoms with Gasteiger partial charge in [-0.25, -0.2) is 18.1 Å². The van der Waals surface area contributed by atoms with Gasteiger partial charge >= 0.3 is 0 Å². The fraction of sp³-hybridized carbons (Fsp3) is 0.294. The highest BCUT2D eigenvalue weighted by molar-refractivity contribution is 7.91. The molecule has 0 fully saturated rings. The van der Waals surface area contributed by atoms with E-state index in [0.29, 0.717) is 17.1 Å². The van der Waals surface area contributed by atoms with Gasteiger partial charge in [0.25, 0.3) is 10.0 Å². The van der Waals surface area contributed by atoms with Crippen LogP contribution in [0.3, 0.4) is 0 Å². The van der Waals surface area contributed by atoms with E-state index in [4.69, 9.17) is 5.73 Å². The van der Waals surface area contributed by atoms with E-state index in [1.807, 2.05) is 37.4 Å². The first-order chi connectivity index (χ1) is 12.3. The van der Waals surface area contributed by atoms with Gasteiger partial charge in [-0.1, -0.05) is 18.2 Å². The summed E-state index contributed by atoms with van der Waals surface area (Å²) in [5.74, 6) is -0.539. The van der Waals surface area contributed by atoms with Crippen LogP contribution in [0.2, 0.25) is 0 Å². The summed E-state index contributed by atoms with van der Waals surface area (Å²) < 4.78 is 28.2. The molecule has 1 atom stereocenters. The number of amides is 1. The minimum Gasteiger partial charge on any atom is -0.369 e. The number of carbonyl (C=O) groups excluding carboxylic acids is 1. The zero-order valence-electron chi connectivity index (χ0n) is 14.4. The number of H-pyrrole nitrogens is 1. The fourth-order valence-electron chi connectivity index (χ4n) is 2.90. The van der Waals surface area contributed by atoms with Gasteiger partial charge in [0.15, 0.2) is 4.21 Å². The van der Waals surface area contributed by atoms with Crippen molar-refractivity contribution in [3.63, 3.8) is 0 Å². The Bertz CT molecular complexity index is 1050. The van der Waals surface area contributed by atoms with Crippen molar-refractivity contribution in [1.29, 1.82) is 0 Å². The van der Waals surface area contributed by atoms with E-state index in [9.17, 15) is 13.2 Å². The standard InChI is InChI=1S/C17H20N4O3S2/c1-10(7-12-9-19-14-6-4-3-5-13(12)14)21-26(23,24)17-11(2)20-16(25-17)8-15(18)22/h3-6,9-10,19,21H,7-8H2,1-2H3,(H2,18,22). The Morgan fingerprint density at radius 2 is 2.12 bits per heavy atom. The number of hydrogen-bond donors (Lipinski definition) is 3. The van der Waals surface area contributed by atoms with Crippen molar-refractivity contribution in [3.05, 3.63) is 46.7 Å². The maximum absolute atomic E-state index is 12.7. The molecule has 9 heteroatoms. The van der Waals surface area contributed by atoms with Gasteiger partial charge in [0.05, 0.1) is 12.1 Å². The molecule has 7 nitrogen and oxygen atoms in total. The van der Waals surface area contributed by atoms with Crippen molar-refractivity contribution in [2.24, 2.45) is 5.73 Å². The number of nitrogens with two attached hydrogens (primary N) is 1. The van der Waals surface area contributed by atoms with E-state index in [0.717, 1.165) is 27.8 Å². The highest BCUT2D eigenvalue weighted by Gasteiger charge is 2.24. The Morgan fingerprint density at radius 3 is 2.85 bits per heavy atom. The Labute approximate surface area is 155 Å². The Hall–Kier alpha value is -2.23. The summed E-state index contributed by atoms with van der Waals surface area (Å²) in [7, 11) is -3.72. The summed E-state index contributed by atoms with van der Waals surface area (Å²) in [6.07, 6.45) is 2.39. The molecule has 0 aliphatic rings. The molecule has 0 aliphatic carbocycles. The molecule has 138 valence electrons. The van der Waals surface area contributed by atoms with E-state index in [1.54, 1.807) is 6.92 Å². The molecular weight excluding hydrogens is 372 g/mol. The van der Waals surface area contributed by atoms with Crippen LogP contribution < -0.4 is 10.5 Å². The maximum Gasteiger partial charge on any atom is 0.252 e. The fourth-order valence-corrected chi connectivity index (χ4v) is 5.73.